The Labute approximate surface area is 118 Å². The first-order valence-corrected chi connectivity index (χ1v) is 6.74. The molecule has 6 nitrogen and oxygen atoms in total. The van der Waals surface area contributed by atoms with Crippen molar-refractivity contribution in [1.29, 1.82) is 0 Å². The largest absolute Gasteiger partial charge is 0.490 e. The van der Waals surface area contributed by atoms with Crippen molar-refractivity contribution < 1.29 is 14.3 Å². The van der Waals surface area contributed by atoms with E-state index in [0.29, 0.717) is 13.1 Å². The Kier molecular flexibility index (Phi) is 4.92. The first-order valence-electron chi connectivity index (χ1n) is 6.74. The Morgan fingerprint density at radius 2 is 2.00 bits per heavy atom. The van der Waals surface area contributed by atoms with Crippen molar-refractivity contribution in [1.82, 2.24) is 15.2 Å². The molecule has 108 valence electrons. The number of pyridine rings is 1. The highest BCUT2D eigenvalue weighted by Gasteiger charge is 2.23. The Balaban J connectivity index is 1.75. The van der Waals surface area contributed by atoms with Crippen LogP contribution in [0.15, 0.2) is 24.5 Å². The smallest absolute Gasteiger partial charge is 0.241 e. The predicted octanol–water partition coefficient (Wildman–Crippen LogP) is 0.587. The van der Waals surface area contributed by atoms with Crippen LogP contribution >= 0.6 is 0 Å². The maximum Gasteiger partial charge on any atom is 0.241 e. The lowest BCUT2D eigenvalue weighted by atomic mass is 10.1. The van der Waals surface area contributed by atoms with Gasteiger partial charge in [0.05, 0.1) is 6.54 Å². The molecule has 1 aliphatic heterocycles. The molecule has 1 fully saturated rings. The Bertz CT molecular complexity index is 456. The molecule has 0 radical (unpaired) electrons. The summed E-state index contributed by atoms with van der Waals surface area (Å²) in [7, 11) is 0. The molecule has 1 aliphatic rings. The van der Waals surface area contributed by atoms with Gasteiger partial charge in [0.1, 0.15) is 11.9 Å². The molecule has 2 heterocycles. The lowest BCUT2D eigenvalue weighted by Gasteiger charge is -2.32. The summed E-state index contributed by atoms with van der Waals surface area (Å²) in [6, 6.07) is 3.66. The monoisotopic (exact) mass is 277 g/mol. The highest BCUT2D eigenvalue weighted by atomic mass is 16.5. The molecule has 2 amide bonds. The maximum atomic E-state index is 11.8. The van der Waals surface area contributed by atoms with Gasteiger partial charge >= 0.3 is 0 Å². The topological polar surface area (TPSA) is 71.5 Å². The van der Waals surface area contributed by atoms with E-state index < -0.39 is 0 Å². The minimum atomic E-state index is -0.186. The summed E-state index contributed by atoms with van der Waals surface area (Å²) in [5, 5.41) is 2.53. The van der Waals surface area contributed by atoms with Gasteiger partial charge in [-0.15, -0.1) is 0 Å². The van der Waals surface area contributed by atoms with Gasteiger partial charge in [-0.1, -0.05) is 0 Å². The fourth-order valence-electron chi connectivity index (χ4n) is 2.14. The number of amides is 2. The van der Waals surface area contributed by atoms with E-state index in [0.717, 1.165) is 18.6 Å². The van der Waals surface area contributed by atoms with Gasteiger partial charge in [-0.2, -0.15) is 0 Å². The summed E-state index contributed by atoms with van der Waals surface area (Å²) in [6.07, 6.45) is 5.12. The number of nitrogens with one attached hydrogen (secondary N) is 1. The maximum absolute atomic E-state index is 11.8. The van der Waals surface area contributed by atoms with Gasteiger partial charge in [0.15, 0.2) is 0 Å². The lowest BCUT2D eigenvalue weighted by Crippen LogP contribution is -2.45. The number of carbonyl (C=O) groups is 2. The van der Waals surface area contributed by atoms with Crippen molar-refractivity contribution in [3.05, 3.63) is 24.5 Å². The molecule has 20 heavy (non-hydrogen) atoms. The van der Waals surface area contributed by atoms with Gasteiger partial charge in [-0.25, -0.2) is 0 Å². The van der Waals surface area contributed by atoms with E-state index in [4.69, 9.17) is 4.74 Å². The Morgan fingerprint density at radius 3 is 2.60 bits per heavy atom. The molecule has 1 aromatic heterocycles. The van der Waals surface area contributed by atoms with Crippen molar-refractivity contribution in [2.24, 2.45) is 0 Å². The minimum Gasteiger partial charge on any atom is -0.490 e. The SMILES string of the molecule is CC(=O)NCC(=O)N1CCC(Oc2ccncc2)CC1. The molecule has 0 unspecified atom stereocenters. The summed E-state index contributed by atoms with van der Waals surface area (Å²) in [5.74, 6) is 0.583. The number of ether oxygens (including phenoxy) is 1. The van der Waals surface area contributed by atoms with Crippen LogP contribution in [0.1, 0.15) is 19.8 Å². The van der Waals surface area contributed by atoms with E-state index >= 15 is 0 Å². The van der Waals surface area contributed by atoms with Crippen LogP contribution in [0.5, 0.6) is 5.75 Å². The van der Waals surface area contributed by atoms with E-state index in [1.165, 1.54) is 6.92 Å². The van der Waals surface area contributed by atoms with E-state index in [-0.39, 0.29) is 24.5 Å². The minimum absolute atomic E-state index is 0.0393. The molecule has 1 aromatic rings. The number of rotatable bonds is 4. The third-order valence-corrected chi connectivity index (χ3v) is 3.24. The van der Waals surface area contributed by atoms with E-state index in [9.17, 15) is 9.59 Å². The van der Waals surface area contributed by atoms with Crippen molar-refractivity contribution in [2.75, 3.05) is 19.6 Å². The zero-order chi connectivity index (χ0) is 14.4. The van der Waals surface area contributed by atoms with Crippen LogP contribution in [0.4, 0.5) is 0 Å². The van der Waals surface area contributed by atoms with Gasteiger partial charge < -0.3 is 15.0 Å². The van der Waals surface area contributed by atoms with E-state index in [1.807, 2.05) is 12.1 Å². The van der Waals surface area contributed by atoms with Crippen molar-refractivity contribution in [3.8, 4) is 5.75 Å². The fourth-order valence-corrected chi connectivity index (χ4v) is 2.14. The normalized spacial score (nSPS) is 15.8. The van der Waals surface area contributed by atoms with E-state index in [2.05, 4.69) is 10.3 Å². The van der Waals surface area contributed by atoms with Crippen LogP contribution in [-0.2, 0) is 9.59 Å². The summed E-state index contributed by atoms with van der Waals surface area (Å²) in [5.41, 5.74) is 0. The number of piperidine rings is 1. The number of aromatic nitrogens is 1. The number of nitrogens with zero attached hydrogens (tertiary/aromatic N) is 2. The molecule has 6 heteroatoms. The third-order valence-electron chi connectivity index (χ3n) is 3.24. The van der Waals surface area contributed by atoms with Gasteiger partial charge in [-0.3, -0.25) is 14.6 Å². The zero-order valence-electron chi connectivity index (χ0n) is 11.5. The quantitative estimate of drug-likeness (QED) is 0.874. The molecule has 2 rings (SSSR count). The summed E-state index contributed by atoms with van der Waals surface area (Å²) >= 11 is 0. The van der Waals surface area contributed by atoms with E-state index in [1.54, 1.807) is 17.3 Å². The van der Waals surface area contributed by atoms with Crippen LogP contribution in [0.3, 0.4) is 0 Å². The standard InChI is InChI=1S/C14H19N3O3/c1-11(18)16-10-14(19)17-8-4-13(5-9-17)20-12-2-6-15-7-3-12/h2-3,6-7,13H,4-5,8-10H2,1H3,(H,16,18). The highest BCUT2D eigenvalue weighted by Crippen LogP contribution is 2.18. The summed E-state index contributed by atoms with van der Waals surface area (Å²) in [4.78, 5) is 28.3. The van der Waals surface area contributed by atoms with Gasteiger partial charge in [0.2, 0.25) is 11.8 Å². The molecule has 0 saturated carbocycles. The average molecular weight is 277 g/mol. The highest BCUT2D eigenvalue weighted by molar-refractivity contribution is 5.83. The molecule has 0 aliphatic carbocycles. The first-order chi connectivity index (χ1) is 9.65. The third kappa shape index (κ3) is 4.22. The Hall–Kier alpha value is -2.11. The molecule has 0 bridgehead atoms. The van der Waals surface area contributed by atoms with Crippen LogP contribution in [-0.4, -0.2) is 47.4 Å². The van der Waals surface area contributed by atoms with Gasteiger partial charge in [0, 0.05) is 45.2 Å². The van der Waals surface area contributed by atoms with Crippen LogP contribution < -0.4 is 10.1 Å². The Morgan fingerprint density at radius 1 is 1.35 bits per heavy atom. The number of carbonyl (C=O) groups excluding carboxylic acids is 2. The van der Waals surface area contributed by atoms with Crippen LogP contribution in [0, 0.1) is 0 Å². The number of hydrogen-bond donors (Lipinski definition) is 1. The second-order valence-electron chi connectivity index (χ2n) is 4.79. The second-order valence-corrected chi connectivity index (χ2v) is 4.79. The zero-order valence-corrected chi connectivity index (χ0v) is 11.5. The molecular formula is C14H19N3O3. The molecule has 0 spiro atoms. The number of hydrogen-bond acceptors (Lipinski definition) is 4. The molecule has 1 saturated heterocycles. The molecule has 0 aromatic carbocycles. The van der Waals surface area contributed by atoms with Crippen LogP contribution in [0.25, 0.3) is 0 Å². The predicted molar refractivity (Wildman–Crippen MR) is 73.2 cm³/mol. The number of likely N-dealkylation sites (tertiary alicyclic amines) is 1. The molecular weight excluding hydrogens is 258 g/mol. The first kappa shape index (κ1) is 14.3. The summed E-state index contributed by atoms with van der Waals surface area (Å²) < 4.78 is 5.83. The average Bonchev–Trinajstić information content (AvgIpc) is 2.46. The van der Waals surface area contributed by atoms with Gasteiger partial charge in [-0.05, 0) is 12.1 Å². The van der Waals surface area contributed by atoms with Crippen molar-refractivity contribution >= 4 is 11.8 Å². The lowest BCUT2D eigenvalue weighted by molar-refractivity contribution is -0.134. The van der Waals surface area contributed by atoms with Crippen LogP contribution in [0.2, 0.25) is 0 Å². The molecule has 0 atom stereocenters. The second kappa shape index (κ2) is 6.88. The fraction of sp³-hybridized carbons (Fsp3) is 0.500. The van der Waals surface area contributed by atoms with Crippen molar-refractivity contribution in [3.63, 3.8) is 0 Å². The van der Waals surface area contributed by atoms with Crippen molar-refractivity contribution in [2.45, 2.75) is 25.9 Å². The summed E-state index contributed by atoms with van der Waals surface area (Å²) in [6.45, 7) is 2.80. The molecule has 1 N–H and O–H groups in total. The van der Waals surface area contributed by atoms with Gasteiger partial charge in [0.25, 0.3) is 0 Å².